The lowest BCUT2D eigenvalue weighted by molar-refractivity contribution is -0.159. The van der Waals surface area contributed by atoms with Crippen molar-refractivity contribution < 1.29 is 28.3 Å². The van der Waals surface area contributed by atoms with Crippen LogP contribution in [0.5, 0.6) is 0 Å². The zero-order valence-corrected chi connectivity index (χ0v) is 16.3. The molecule has 3 fully saturated rings. The molecule has 0 aromatic carbocycles. The molecule has 1 N–H and O–H groups in total. The molecular weight excluding hydrogens is 366 g/mol. The summed E-state index contributed by atoms with van der Waals surface area (Å²) in [4.78, 5) is 36.4. The Labute approximate surface area is 163 Å². The van der Waals surface area contributed by atoms with Crippen LogP contribution in [0.2, 0.25) is 0 Å². The average molecular weight is 392 g/mol. The predicted octanol–water partition coefficient (Wildman–Crippen LogP) is 3.08. The van der Waals surface area contributed by atoms with E-state index in [2.05, 4.69) is 6.58 Å². The Morgan fingerprint density at radius 2 is 2.00 bits per heavy atom. The summed E-state index contributed by atoms with van der Waals surface area (Å²) in [6.07, 6.45) is 1.41. The number of aliphatic hydroxyl groups is 1. The van der Waals surface area contributed by atoms with Gasteiger partial charge < -0.3 is 5.11 Å². The third-order valence-corrected chi connectivity index (χ3v) is 8.54. The number of rotatable bonds is 2. The van der Waals surface area contributed by atoms with Crippen LogP contribution < -0.4 is 0 Å². The lowest BCUT2D eigenvalue weighted by Crippen LogP contribution is -2.59. The summed E-state index contributed by atoms with van der Waals surface area (Å²) in [6.45, 7) is 6.26. The van der Waals surface area contributed by atoms with Crippen molar-refractivity contribution in [3.63, 3.8) is 0 Å². The van der Waals surface area contributed by atoms with E-state index >= 15 is 4.39 Å². The minimum atomic E-state index is -1.93. The zero-order valence-electron chi connectivity index (χ0n) is 16.3. The Kier molecular flexibility index (Phi) is 4.14. The Bertz CT molecular complexity index is 832. The fourth-order valence-corrected chi connectivity index (χ4v) is 7.05. The normalized spacial score (nSPS) is 47.9. The Balaban J connectivity index is 1.78. The topological polar surface area (TPSA) is 71.4 Å². The second-order valence-electron chi connectivity index (χ2n) is 9.59. The van der Waals surface area contributed by atoms with Crippen LogP contribution in [0.25, 0.3) is 0 Å². The third-order valence-electron chi connectivity index (χ3n) is 8.54. The number of carbonyl (C=O) groups is 3. The molecule has 0 spiro atoms. The van der Waals surface area contributed by atoms with Crippen LogP contribution >= 0.6 is 0 Å². The molecule has 0 aromatic heterocycles. The Morgan fingerprint density at radius 1 is 1.32 bits per heavy atom. The van der Waals surface area contributed by atoms with Gasteiger partial charge in [-0.15, -0.1) is 0 Å². The molecule has 28 heavy (non-hydrogen) atoms. The van der Waals surface area contributed by atoms with Crippen molar-refractivity contribution in [3.05, 3.63) is 23.8 Å². The van der Waals surface area contributed by atoms with E-state index in [0.29, 0.717) is 30.4 Å². The largest absolute Gasteiger partial charge is 0.377 e. The molecule has 0 bridgehead atoms. The molecule has 3 saturated carbocycles. The molecule has 1 unspecified atom stereocenters. The molecule has 4 aliphatic carbocycles. The van der Waals surface area contributed by atoms with E-state index in [0.717, 1.165) is 0 Å². The molecule has 0 radical (unpaired) electrons. The van der Waals surface area contributed by atoms with Crippen LogP contribution in [0, 0.1) is 28.6 Å². The molecule has 0 saturated heterocycles. The fourth-order valence-electron chi connectivity index (χ4n) is 7.05. The Hall–Kier alpha value is -1.69. The highest BCUT2D eigenvalue weighted by Gasteiger charge is 2.68. The lowest BCUT2D eigenvalue weighted by Gasteiger charge is -2.58. The first-order valence-electron chi connectivity index (χ1n) is 9.94. The number of fused-ring (bicyclic) bond motifs is 5. The van der Waals surface area contributed by atoms with Crippen LogP contribution in [0.3, 0.4) is 0 Å². The molecule has 4 aliphatic rings. The van der Waals surface area contributed by atoms with Crippen LogP contribution in [0.4, 0.5) is 8.78 Å². The van der Waals surface area contributed by atoms with E-state index in [1.54, 1.807) is 6.92 Å². The molecule has 4 rings (SSSR count). The van der Waals surface area contributed by atoms with Crippen molar-refractivity contribution in [2.75, 3.05) is 6.67 Å². The third kappa shape index (κ3) is 2.15. The van der Waals surface area contributed by atoms with E-state index in [1.807, 2.05) is 6.92 Å². The number of alkyl halides is 2. The van der Waals surface area contributed by atoms with E-state index in [9.17, 15) is 23.9 Å². The van der Waals surface area contributed by atoms with Gasteiger partial charge in [-0.3, -0.25) is 14.4 Å². The van der Waals surface area contributed by atoms with Gasteiger partial charge in [0.1, 0.15) is 6.17 Å². The summed E-state index contributed by atoms with van der Waals surface area (Å²) in [7, 11) is 0. The van der Waals surface area contributed by atoms with E-state index in [-0.39, 0.29) is 30.6 Å². The van der Waals surface area contributed by atoms with Gasteiger partial charge >= 0.3 is 0 Å². The molecule has 152 valence electrons. The van der Waals surface area contributed by atoms with Crippen molar-refractivity contribution in [1.29, 1.82) is 0 Å². The zero-order chi connectivity index (χ0) is 20.6. The van der Waals surface area contributed by atoms with E-state index in [1.165, 1.54) is 6.08 Å². The molecule has 7 atom stereocenters. The summed E-state index contributed by atoms with van der Waals surface area (Å²) >= 11 is 0. The van der Waals surface area contributed by atoms with Crippen molar-refractivity contribution in [1.82, 2.24) is 0 Å². The first-order chi connectivity index (χ1) is 13.0. The van der Waals surface area contributed by atoms with Gasteiger partial charge in [0.2, 0.25) is 11.6 Å². The predicted molar refractivity (Wildman–Crippen MR) is 97.8 cm³/mol. The highest BCUT2D eigenvalue weighted by atomic mass is 19.1. The van der Waals surface area contributed by atoms with E-state index in [4.69, 9.17) is 0 Å². The number of halogens is 2. The van der Waals surface area contributed by atoms with Gasteiger partial charge in [0.25, 0.3) is 0 Å². The number of allylic oxidation sites excluding steroid dienone is 1. The van der Waals surface area contributed by atoms with Gasteiger partial charge in [0.15, 0.2) is 18.1 Å². The number of hydrogen-bond acceptors (Lipinski definition) is 4. The van der Waals surface area contributed by atoms with Gasteiger partial charge in [0, 0.05) is 17.3 Å². The van der Waals surface area contributed by atoms with E-state index < -0.39 is 46.6 Å². The monoisotopic (exact) mass is 392 g/mol. The summed E-state index contributed by atoms with van der Waals surface area (Å²) in [6, 6.07) is 0. The standard InChI is InChI=1S/C22H26F2O4/c1-11-6-14-12-7-16(24)15-8-17(25)18(26)9-20(15,2)13(12)4-5-21(14,3)22(11,28)19(27)10-23/h8,12-14,16,28H,1,4-7,9-10H2,2-3H3/t12-,13+,14+,16?,20-,21+,22+/m1/s1. The minimum absolute atomic E-state index is 0.00267. The number of hydrogen-bond donors (Lipinski definition) is 1. The van der Waals surface area contributed by atoms with Crippen molar-refractivity contribution in [3.8, 4) is 0 Å². The maximum atomic E-state index is 15.2. The summed E-state index contributed by atoms with van der Waals surface area (Å²) in [5.74, 6) is -2.42. The number of ketones is 3. The SMILES string of the molecule is C=C1C[C@H]2[C@@H]3CC(F)C4=CC(=O)C(=O)C[C@]4(C)[C@H]3CC[C@]2(C)[C@@]1(O)C(=O)CF. The maximum Gasteiger partial charge on any atom is 0.221 e. The average Bonchev–Trinajstić information content (AvgIpc) is 2.85. The summed E-state index contributed by atoms with van der Waals surface area (Å²) < 4.78 is 28.4. The van der Waals surface area contributed by atoms with Gasteiger partial charge in [-0.2, -0.15) is 0 Å². The molecule has 0 aliphatic heterocycles. The molecule has 4 nitrogen and oxygen atoms in total. The summed E-state index contributed by atoms with van der Waals surface area (Å²) in [5, 5.41) is 11.2. The second-order valence-corrected chi connectivity index (χ2v) is 9.59. The summed E-state index contributed by atoms with van der Waals surface area (Å²) in [5.41, 5.74) is -2.85. The quantitative estimate of drug-likeness (QED) is 0.579. The maximum absolute atomic E-state index is 15.2. The van der Waals surface area contributed by atoms with Crippen molar-refractivity contribution in [2.24, 2.45) is 28.6 Å². The molecule has 0 aromatic rings. The van der Waals surface area contributed by atoms with Gasteiger partial charge in [0.05, 0.1) is 0 Å². The molecule has 0 amide bonds. The lowest BCUT2D eigenvalue weighted by atomic mass is 9.46. The van der Waals surface area contributed by atoms with Crippen molar-refractivity contribution >= 4 is 17.3 Å². The first-order valence-corrected chi connectivity index (χ1v) is 9.94. The van der Waals surface area contributed by atoms with Gasteiger partial charge in [-0.1, -0.05) is 20.4 Å². The molecule has 0 heterocycles. The Morgan fingerprint density at radius 3 is 2.64 bits per heavy atom. The van der Waals surface area contributed by atoms with Gasteiger partial charge in [-0.25, -0.2) is 8.78 Å². The first kappa shape index (κ1) is 19.6. The molecular formula is C22H26F2O4. The van der Waals surface area contributed by atoms with Crippen LogP contribution in [-0.2, 0) is 14.4 Å². The fraction of sp³-hybridized carbons (Fsp3) is 0.682. The molecule has 6 heteroatoms. The van der Waals surface area contributed by atoms with Crippen LogP contribution in [-0.4, -0.2) is 40.9 Å². The van der Waals surface area contributed by atoms with Crippen LogP contribution in [0.15, 0.2) is 23.8 Å². The number of carbonyl (C=O) groups excluding carboxylic acids is 3. The van der Waals surface area contributed by atoms with Crippen molar-refractivity contribution in [2.45, 2.75) is 57.7 Å². The smallest absolute Gasteiger partial charge is 0.221 e. The minimum Gasteiger partial charge on any atom is -0.377 e. The van der Waals surface area contributed by atoms with Gasteiger partial charge in [-0.05, 0) is 60.7 Å². The highest BCUT2D eigenvalue weighted by Crippen LogP contribution is 2.68. The van der Waals surface area contributed by atoms with Crippen LogP contribution in [0.1, 0.15) is 46.0 Å². The number of Topliss-reactive ketones (excluding diaryl/α,β-unsaturated/α-hetero) is 2. The highest BCUT2D eigenvalue weighted by molar-refractivity contribution is 6.42. The second kappa shape index (κ2) is 5.91.